The molecular formula is C19H14BrN5S. The third-order valence-electron chi connectivity index (χ3n) is 3.70. The lowest BCUT2D eigenvalue weighted by Crippen LogP contribution is -2.00. The second kappa shape index (κ2) is 7.80. The molecule has 0 bridgehead atoms. The lowest BCUT2D eigenvalue weighted by Gasteiger charge is -2.09. The molecule has 2 aromatic heterocycles. The van der Waals surface area contributed by atoms with Crippen molar-refractivity contribution in [2.75, 3.05) is 0 Å². The van der Waals surface area contributed by atoms with E-state index in [2.05, 4.69) is 48.2 Å². The van der Waals surface area contributed by atoms with Crippen LogP contribution in [0.4, 0.5) is 0 Å². The summed E-state index contributed by atoms with van der Waals surface area (Å²) in [6.07, 6.45) is 5.01. The van der Waals surface area contributed by atoms with Gasteiger partial charge in [-0.3, -0.25) is 9.55 Å². The number of para-hydroxylation sites is 1. The van der Waals surface area contributed by atoms with E-state index in [0.29, 0.717) is 11.5 Å². The zero-order valence-electron chi connectivity index (χ0n) is 13.7. The first kappa shape index (κ1) is 16.9. The molecule has 0 unspecified atom stereocenters. The Labute approximate surface area is 163 Å². The summed E-state index contributed by atoms with van der Waals surface area (Å²) in [5.41, 5.74) is 2.90. The molecule has 2 aromatic carbocycles. The van der Waals surface area contributed by atoms with Crippen LogP contribution in [0, 0.1) is 0 Å². The largest absolute Gasteiger partial charge is 0.269 e. The summed E-state index contributed by atoms with van der Waals surface area (Å²) in [6.45, 7) is 0. The van der Waals surface area contributed by atoms with Crippen molar-refractivity contribution in [3.8, 4) is 17.2 Å². The van der Waals surface area contributed by atoms with Gasteiger partial charge in [0, 0.05) is 28.3 Å². The number of thioether (sulfide) groups is 1. The third-order valence-corrected chi connectivity index (χ3v) is 5.19. The molecule has 4 rings (SSSR count). The van der Waals surface area contributed by atoms with Crippen LogP contribution in [-0.4, -0.2) is 24.7 Å². The average Bonchev–Trinajstić information content (AvgIpc) is 3.12. The van der Waals surface area contributed by atoms with E-state index in [0.717, 1.165) is 21.1 Å². The topological polar surface area (TPSA) is 56.5 Å². The normalized spacial score (nSPS) is 10.8. The molecule has 0 aliphatic carbocycles. The van der Waals surface area contributed by atoms with E-state index in [-0.39, 0.29) is 0 Å². The predicted molar refractivity (Wildman–Crippen MR) is 106 cm³/mol. The van der Waals surface area contributed by atoms with Gasteiger partial charge < -0.3 is 0 Å². The van der Waals surface area contributed by atoms with Crippen LogP contribution in [0.3, 0.4) is 0 Å². The second-order valence-corrected chi connectivity index (χ2v) is 7.34. The first-order valence-electron chi connectivity index (χ1n) is 7.96. The highest BCUT2D eigenvalue weighted by atomic mass is 79.9. The molecule has 0 saturated heterocycles. The van der Waals surface area contributed by atoms with Crippen LogP contribution in [0.1, 0.15) is 5.56 Å². The van der Waals surface area contributed by atoms with Gasteiger partial charge in [-0.2, -0.15) is 0 Å². The van der Waals surface area contributed by atoms with Crippen molar-refractivity contribution in [2.45, 2.75) is 10.9 Å². The Morgan fingerprint density at radius 3 is 2.62 bits per heavy atom. The third kappa shape index (κ3) is 3.68. The van der Waals surface area contributed by atoms with E-state index < -0.39 is 0 Å². The fraction of sp³-hybridized carbons (Fsp3) is 0.0526. The molecule has 0 N–H and O–H groups in total. The Morgan fingerprint density at radius 2 is 1.85 bits per heavy atom. The minimum Gasteiger partial charge on any atom is -0.269 e. The molecular weight excluding hydrogens is 410 g/mol. The summed E-state index contributed by atoms with van der Waals surface area (Å²) >= 11 is 5.16. The van der Waals surface area contributed by atoms with Crippen molar-refractivity contribution in [1.29, 1.82) is 0 Å². The molecule has 2 heterocycles. The number of halogens is 1. The zero-order chi connectivity index (χ0) is 17.8. The molecule has 0 fully saturated rings. The number of nitrogens with zero attached hydrogens (tertiary/aromatic N) is 5. The van der Waals surface area contributed by atoms with Gasteiger partial charge in [0.05, 0.1) is 6.20 Å². The number of rotatable bonds is 5. The maximum atomic E-state index is 4.40. The highest BCUT2D eigenvalue weighted by Gasteiger charge is 2.17. The summed E-state index contributed by atoms with van der Waals surface area (Å²) in [5.74, 6) is 1.48. The van der Waals surface area contributed by atoms with E-state index in [1.165, 1.54) is 5.56 Å². The van der Waals surface area contributed by atoms with Crippen molar-refractivity contribution in [1.82, 2.24) is 24.7 Å². The predicted octanol–water partition coefficient (Wildman–Crippen LogP) is 4.78. The van der Waals surface area contributed by atoms with Gasteiger partial charge in [-0.1, -0.05) is 58.0 Å². The van der Waals surface area contributed by atoms with Gasteiger partial charge >= 0.3 is 0 Å². The fourth-order valence-corrected chi connectivity index (χ4v) is 3.87. The molecule has 0 atom stereocenters. The molecule has 0 aliphatic rings. The van der Waals surface area contributed by atoms with Gasteiger partial charge in [-0.15, -0.1) is 10.2 Å². The van der Waals surface area contributed by atoms with Crippen LogP contribution < -0.4 is 0 Å². The highest BCUT2D eigenvalue weighted by Crippen LogP contribution is 2.29. The first-order chi connectivity index (χ1) is 12.8. The first-order valence-corrected chi connectivity index (χ1v) is 9.73. The van der Waals surface area contributed by atoms with Gasteiger partial charge in [0.25, 0.3) is 0 Å². The Bertz CT molecular complexity index is 1000. The Hall–Kier alpha value is -2.51. The minimum absolute atomic E-state index is 0.682. The highest BCUT2D eigenvalue weighted by molar-refractivity contribution is 9.10. The van der Waals surface area contributed by atoms with Gasteiger partial charge in [-0.05, 0) is 29.8 Å². The number of aromatic nitrogens is 5. The van der Waals surface area contributed by atoms with E-state index in [4.69, 9.17) is 0 Å². The lowest BCUT2D eigenvalue weighted by molar-refractivity contribution is 0.884. The van der Waals surface area contributed by atoms with Crippen molar-refractivity contribution >= 4 is 27.7 Å². The van der Waals surface area contributed by atoms with Crippen molar-refractivity contribution in [2.24, 2.45) is 0 Å². The Morgan fingerprint density at radius 1 is 0.962 bits per heavy atom. The number of benzene rings is 2. The second-order valence-electron chi connectivity index (χ2n) is 5.49. The maximum Gasteiger partial charge on any atom is 0.196 e. The summed E-state index contributed by atoms with van der Waals surface area (Å²) in [5, 5.41) is 9.59. The molecule has 0 spiro atoms. The minimum atomic E-state index is 0.682. The summed E-state index contributed by atoms with van der Waals surface area (Å²) in [6, 6.07) is 18.3. The molecule has 0 aliphatic heterocycles. The van der Waals surface area contributed by atoms with Crippen LogP contribution in [0.25, 0.3) is 17.2 Å². The van der Waals surface area contributed by atoms with Crippen molar-refractivity contribution in [3.05, 3.63) is 83.2 Å². The standard InChI is InChI=1S/C19H14BrN5S/c20-15-6-4-5-14(11-15)13-26-19-24-23-18(17-12-21-9-10-22-17)25(19)16-7-2-1-3-8-16/h1-12H,13H2. The molecule has 128 valence electrons. The summed E-state index contributed by atoms with van der Waals surface area (Å²) in [7, 11) is 0. The van der Waals surface area contributed by atoms with Crippen LogP contribution in [0.5, 0.6) is 0 Å². The molecule has 7 heteroatoms. The van der Waals surface area contributed by atoms with Crippen molar-refractivity contribution in [3.63, 3.8) is 0 Å². The molecule has 4 aromatic rings. The van der Waals surface area contributed by atoms with E-state index in [1.54, 1.807) is 30.4 Å². The smallest absolute Gasteiger partial charge is 0.196 e. The van der Waals surface area contributed by atoms with Gasteiger partial charge in [0.15, 0.2) is 11.0 Å². The van der Waals surface area contributed by atoms with Crippen LogP contribution in [-0.2, 0) is 5.75 Å². The monoisotopic (exact) mass is 423 g/mol. The Balaban J connectivity index is 1.72. The van der Waals surface area contributed by atoms with Crippen LogP contribution >= 0.6 is 27.7 Å². The molecule has 0 amide bonds. The molecule has 0 radical (unpaired) electrons. The summed E-state index contributed by atoms with van der Waals surface area (Å²) < 4.78 is 3.09. The average molecular weight is 424 g/mol. The summed E-state index contributed by atoms with van der Waals surface area (Å²) in [4.78, 5) is 8.53. The van der Waals surface area contributed by atoms with E-state index in [1.807, 2.05) is 47.0 Å². The van der Waals surface area contributed by atoms with E-state index in [9.17, 15) is 0 Å². The SMILES string of the molecule is Brc1cccc(CSc2nnc(-c3cnccn3)n2-c2ccccc2)c1. The van der Waals surface area contributed by atoms with Gasteiger partial charge in [-0.25, -0.2) is 4.98 Å². The Kier molecular flexibility index (Phi) is 5.08. The molecule has 5 nitrogen and oxygen atoms in total. The zero-order valence-corrected chi connectivity index (χ0v) is 16.1. The van der Waals surface area contributed by atoms with E-state index >= 15 is 0 Å². The number of hydrogen-bond acceptors (Lipinski definition) is 5. The lowest BCUT2D eigenvalue weighted by atomic mass is 10.2. The molecule has 26 heavy (non-hydrogen) atoms. The van der Waals surface area contributed by atoms with Crippen molar-refractivity contribution < 1.29 is 0 Å². The van der Waals surface area contributed by atoms with Crippen LogP contribution in [0.2, 0.25) is 0 Å². The fourth-order valence-electron chi connectivity index (χ4n) is 2.53. The van der Waals surface area contributed by atoms with Crippen LogP contribution in [0.15, 0.2) is 82.8 Å². The van der Waals surface area contributed by atoms with Gasteiger partial charge in [0.2, 0.25) is 0 Å². The van der Waals surface area contributed by atoms with Gasteiger partial charge in [0.1, 0.15) is 5.69 Å². The number of hydrogen-bond donors (Lipinski definition) is 0. The molecule has 0 saturated carbocycles. The quantitative estimate of drug-likeness (QED) is 0.432. The maximum absolute atomic E-state index is 4.40.